The summed E-state index contributed by atoms with van der Waals surface area (Å²) in [5.74, 6) is 0.785. The Hall–Kier alpha value is -3.48. The molecule has 1 amide bonds. The lowest BCUT2D eigenvalue weighted by molar-refractivity contribution is 0.0963. The van der Waals surface area contributed by atoms with Crippen molar-refractivity contribution in [2.24, 2.45) is 0 Å². The molecule has 2 aromatic carbocycles. The third kappa shape index (κ3) is 4.54. The average Bonchev–Trinajstić information content (AvgIpc) is 2.68. The molecule has 0 aliphatic heterocycles. The summed E-state index contributed by atoms with van der Waals surface area (Å²) in [6, 6.07) is 14.5. The Morgan fingerprint density at radius 2 is 1.81 bits per heavy atom. The molecule has 0 spiro atoms. The van der Waals surface area contributed by atoms with Crippen LogP contribution in [0.2, 0.25) is 0 Å². The highest BCUT2D eigenvalue weighted by Gasteiger charge is 2.04. The molecule has 0 fully saturated rings. The van der Waals surface area contributed by atoms with Crippen molar-refractivity contribution in [3.05, 3.63) is 77.7 Å². The molecule has 0 saturated carbocycles. The van der Waals surface area contributed by atoms with Crippen LogP contribution in [0.4, 0.5) is 10.3 Å². The Balaban J connectivity index is 1.61. The number of nitrogens with one attached hydrogen (secondary N) is 2. The number of ether oxygens (including phenoxy) is 1. The van der Waals surface area contributed by atoms with Crippen LogP contribution in [0.15, 0.2) is 60.8 Å². The second-order valence-electron chi connectivity index (χ2n) is 5.40. The Morgan fingerprint density at radius 1 is 1.08 bits per heavy atom. The Bertz CT molecular complexity index is 883. The van der Waals surface area contributed by atoms with Gasteiger partial charge in [0.2, 0.25) is 11.8 Å². The lowest BCUT2D eigenvalue weighted by Crippen LogP contribution is -2.17. The molecule has 132 valence electrons. The smallest absolute Gasteiger partial charge is 0.251 e. The summed E-state index contributed by atoms with van der Waals surface area (Å²) in [5, 5.41) is 5.67. The van der Waals surface area contributed by atoms with Crippen molar-refractivity contribution in [2.75, 3.05) is 12.4 Å². The van der Waals surface area contributed by atoms with E-state index in [2.05, 4.69) is 20.6 Å². The number of benzene rings is 2. The SMILES string of the molecule is CNC(=O)c1ccc(CNc2nccc(Oc3ccc(F)cc3)n2)cc1. The zero-order valence-electron chi connectivity index (χ0n) is 14.1. The van der Waals surface area contributed by atoms with Gasteiger partial charge in [0.05, 0.1) is 0 Å². The zero-order valence-corrected chi connectivity index (χ0v) is 14.1. The first-order valence-electron chi connectivity index (χ1n) is 7.95. The molecule has 26 heavy (non-hydrogen) atoms. The van der Waals surface area contributed by atoms with Crippen LogP contribution < -0.4 is 15.4 Å². The van der Waals surface area contributed by atoms with Gasteiger partial charge in [0.1, 0.15) is 11.6 Å². The van der Waals surface area contributed by atoms with Gasteiger partial charge >= 0.3 is 0 Å². The normalized spacial score (nSPS) is 10.2. The predicted molar refractivity (Wildman–Crippen MR) is 95.7 cm³/mol. The first-order chi connectivity index (χ1) is 12.6. The van der Waals surface area contributed by atoms with Crippen molar-refractivity contribution in [1.82, 2.24) is 15.3 Å². The topological polar surface area (TPSA) is 76.1 Å². The maximum absolute atomic E-state index is 12.9. The van der Waals surface area contributed by atoms with Crippen molar-refractivity contribution >= 4 is 11.9 Å². The summed E-state index contributed by atoms with van der Waals surface area (Å²) in [6.07, 6.45) is 1.57. The molecule has 3 rings (SSSR count). The molecule has 0 bridgehead atoms. The van der Waals surface area contributed by atoms with Gasteiger partial charge in [-0.15, -0.1) is 0 Å². The third-order valence-corrected chi connectivity index (χ3v) is 3.56. The number of hydrogen-bond donors (Lipinski definition) is 2. The van der Waals surface area contributed by atoms with Crippen LogP contribution in [-0.4, -0.2) is 22.9 Å². The molecule has 0 aliphatic carbocycles. The molecular formula is C19H17FN4O2. The third-order valence-electron chi connectivity index (χ3n) is 3.56. The summed E-state index contributed by atoms with van der Waals surface area (Å²) in [5.41, 5.74) is 1.58. The lowest BCUT2D eigenvalue weighted by Gasteiger charge is -2.08. The Kier molecular flexibility index (Phi) is 5.38. The number of halogens is 1. The minimum absolute atomic E-state index is 0.126. The van der Waals surface area contributed by atoms with Crippen LogP contribution in [0.3, 0.4) is 0 Å². The zero-order chi connectivity index (χ0) is 18.4. The summed E-state index contributed by atoms with van der Waals surface area (Å²) >= 11 is 0. The minimum atomic E-state index is -0.329. The van der Waals surface area contributed by atoms with E-state index in [0.29, 0.717) is 29.7 Å². The van der Waals surface area contributed by atoms with Crippen molar-refractivity contribution in [1.29, 1.82) is 0 Å². The van der Waals surface area contributed by atoms with Crippen molar-refractivity contribution < 1.29 is 13.9 Å². The first-order valence-corrected chi connectivity index (χ1v) is 7.95. The van der Waals surface area contributed by atoms with E-state index >= 15 is 0 Å². The largest absolute Gasteiger partial charge is 0.439 e. The number of amides is 1. The fourth-order valence-corrected chi connectivity index (χ4v) is 2.21. The molecule has 0 unspecified atom stereocenters. The van der Waals surface area contributed by atoms with Gasteiger partial charge in [-0.1, -0.05) is 12.1 Å². The standard InChI is InChI=1S/C19H17FN4O2/c1-21-18(25)14-4-2-13(3-5-14)12-23-19-22-11-10-17(24-19)26-16-8-6-15(20)7-9-16/h2-11H,12H2,1H3,(H,21,25)(H,22,23,24). The number of hydrogen-bond acceptors (Lipinski definition) is 5. The summed E-state index contributed by atoms with van der Waals surface area (Å²) in [6.45, 7) is 0.494. The molecule has 1 heterocycles. The Labute approximate surface area is 150 Å². The predicted octanol–water partition coefficient (Wildman–Crippen LogP) is 3.38. The highest BCUT2D eigenvalue weighted by Crippen LogP contribution is 2.20. The van der Waals surface area contributed by atoms with E-state index in [0.717, 1.165) is 5.56 Å². The van der Waals surface area contributed by atoms with E-state index in [9.17, 15) is 9.18 Å². The molecule has 2 N–H and O–H groups in total. The monoisotopic (exact) mass is 352 g/mol. The maximum atomic E-state index is 12.9. The van der Waals surface area contributed by atoms with Gasteiger partial charge in [0.15, 0.2) is 0 Å². The van der Waals surface area contributed by atoms with E-state index in [4.69, 9.17) is 4.74 Å². The van der Waals surface area contributed by atoms with Crippen molar-refractivity contribution in [3.8, 4) is 11.6 Å². The number of anilines is 1. The van der Waals surface area contributed by atoms with Crippen molar-refractivity contribution in [2.45, 2.75) is 6.54 Å². The first kappa shape index (κ1) is 17.3. The van der Waals surface area contributed by atoms with E-state index in [-0.39, 0.29) is 11.7 Å². The van der Waals surface area contributed by atoms with Crippen LogP contribution in [0.5, 0.6) is 11.6 Å². The van der Waals surface area contributed by atoms with E-state index in [1.165, 1.54) is 24.3 Å². The van der Waals surface area contributed by atoms with E-state index in [1.807, 2.05) is 12.1 Å². The van der Waals surface area contributed by atoms with E-state index in [1.54, 1.807) is 31.4 Å². The van der Waals surface area contributed by atoms with Gasteiger partial charge in [-0.05, 0) is 42.0 Å². The quantitative estimate of drug-likeness (QED) is 0.711. The number of aromatic nitrogens is 2. The van der Waals surface area contributed by atoms with Crippen LogP contribution in [0.25, 0.3) is 0 Å². The second-order valence-corrected chi connectivity index (χ2v) is 5.40. The molecule has 0 atom stereocenters. The number of carbonyl (C=O) groups excluding carboxylic acids is 1. The molecule has 7 heteroatoms. The molecule has 3 aromatic rings. The van der Waals surface area contributed by atoms with Gasteiger partial charge in [0, 0.05) is 31.4 Å². The minimum Gasteiger partial charge on any atom is -0.439 e. The molecule has 0 aliphatic rings. The highest BCUT2D eigenvalue weighted by molar-refractivity contribution is 5.93. The van der Waals surface area contributed by atoms with Crippen LogP contribution in [0.1, 0.15) is 15.9 Å². The van der Waals surface area contributed by atoms with E-state index < -0.39 is 0 Å². The fourth-order valence-electron chi connectivity index (χ4n) is 2.21. The average molecular weight is 352 g/mol. The number of carbonyl (C=O) groups is 1. The van der Waals surface area contributed by atoms with Gasteiger partial charge in [0.25, 0.3) is 5.91 Å². The molecule has 1 aromatic heterocycles. The molecular weight excluding hydrogens is 335 g/mol. The second kappa shape index (κ2) is 8.06. The number of rotatable bonds is 6. The Morgan fingerprint density at radius 3 is 2.50 bits per heavy atom. The number of nitrogens with zero attached hydrogens (tertiary/aromatic N) is 2. The van der Waals surface area contributed by atoms with Crippen molar-refractivity contribution in [3.63, 3.8) is 0 Å². The summed E-state index contributed by atoms with van der Waals surface area (Å²) in [4.78, 5) is 19.9. The summed E-state index contributed by atoms with van der Waals surface area (Å²) < 4.78 is 18.5. The highest BCUT2D eigenvalue weighted by atomic mass is 19.1. The molecule has 6 nitrogen and oxygen atoms in total. The van der Waals surface area contributed by atoms with Crippen LogP contribution in [0, 0.1) is 5.82 Å². The molecule has 0 saturated heterocycles. The van der Waals surface area contributed by atoms with Gasteiger partial charge in [-0.25, -0.2) is 9.37 Å². The van der Waals surface area contributed by atoms with Crippen LogP contribution in [-0.2, 0) is 6.54 Å². The van der Waals surface area contributed by atoms with Gasteiger partial charge < -0.3 is 15.4 Å². The maximum Gasteiger partial charge on any atom is 0.251 e. The fraction of sp³-hybridized carbons (Fsp3) is 0.105. The summed E-state index contributed by atoms with van der Waals surface area (Å²) in [7, 11) is 1.59. The molecule has 0 radical (unpaired) electrons. The lowest BCUT2D eigenvalue weighted by atomic mass is 10.1. The van der Waals surface area contributed by atoms with Gasteiger partial charge in [-0.3, -0.25) is 4.79 Å². The van der Waals surface area contributed by atoms with Gasteiger partial charge in [-0.2, -0.15) is 4.98 Å². The van der Waals surface area contributed by atoms with Crippen LogP contribution >= 0.6 is 0 Å².